The van der Waals surface area contributed by atoms with E-state index in [1.54, 1.807) is 23.1 Å². The molecule has 0 spiro atoms. The number of carbonyl (C=O) groups is 2. The first-order valence-corrected chi connectivity index (χ1v) is 9.72. The molecule has 1 amide bonds. The minimum Gasteiger partial charge on any atom is -0.478 e. The highest BCUT2D eigenvalue weighted by molar-refractivity contribution is 8.14. The highest BCUT2D eigenvalue weighted by Crippen LogP contribution is 2.44. The van der Waals surface area contributed by atoms with E-state index >= 15 is 0 Å². The van der Waals surface area contributed by atoms with E-state index in [1.165, 1.54) is 11.8 Å². The van der Waals surface area contributed by atoms with E-state index in [4.69, 9.17) is 11.6 Å². The lowest BCUT2D eigenvalue weighted by atomic mass is 9.81. The molecule has 4 nitrogen and oxygen atoms in total. The third kappa shape index (κ3) is 4.25. The van der Waals surface area contributed by atoms with E-state index in [1.807, 2.05) is 13.8 Å². The summed E-state index contributed by atoms with van der Waals surface area (Å²) in [6, 6.07) is 5.01. The Morgan fingerprint density at radius 3 is 2.54 bits per heavy atom. The molecule has 1 aromatic rings. The first kappa shape index (κ1) is 19.1. The molecule has 1 saturated carbocycles. The predicted octanol–water partition coefficient (Wildman–Crippen LogP) is 5.26. The third-order valence-electron chi connectivity index (χ3n) is 4.63. The van der Waals surface area contributed by atoms with E-state index in [0.29, 0.717) is 23.7 Å². The van der Waals surface area contributed by atoms with Crippen LogP contribution in [0.5, 0.6) is 0 Å². The van der Waals surface area contributed by atoms with Gasteiger partial charge in [-0.15, -0.1) is 0 Å². The lowest BCUT2D eigenvalue weighted by molar-refractivity contribution is 0.0695. The monoisotopic (exact) mass is 369 g/mol. The van der Waals surface area contributed by atoms with Gasteiger partial charge in [-0.25, -0.2) is 4.79 Å². The predicted molar refractivity (Wildman–Crippen MR) is 99.3 cm³/mol. The summed E-state index contributed by atoms with van der Waals surface area (Å²) in [6.45, 7) is 5.31. The third-order valence-corrected chi connectivity index (χ3v) is 6.29. The Morgan fingerprint density at radius 2 is 1.92 bits per heavy atom. The number of hydrogen-bond donors (Lipinski definition) is 1. The maximum atomic E-state index is 12.5. The van der Waals surface area contributed by atoms with E-state index in [2.05, 4.69) is 0 Å². The van der Waals surface area contributed by atoms with Gasteiger partial charge in [0.05, 0.1) is 5.56 Å². The zero-order valence-corrected chi connectivity index (χ0v) is 15.7. The molecule has 1 fully saturated rings. The summed E-state index contributed by atoms with van der Waals surface area (Å²) < 4.78 is 0. The number of nitrogens with zero attached hydrogens (tertiary/aromatic N) is 1. The van der Waals surface area contributed by atoms with E-state index in [9.17, 15) is 14.7 Å². The number of amides is 1. The minimum absolute atomic E-state index is 0.00284. The van der Waals surface area contributed by atoms with Crippen molar-refractivity contribution >= 4 is 34.6 Å². The molecule has 2 rings (SSSR count). The van der Waals surface area contributed by atoms with Crippen molar-refractivity contribution in [2.24, 2.45) is 0 Å². The Hall–Kier alpha value is -1.20. The van der Waals surface area contributed by atoms with Gasteiger partial charge in [0.25, 0.3) is 5.24 Å². The second-order valence-electron chi connectivity index (χ2n) is 5.99. The summed E-state index contributed by atoms with van der Waals surface area (Å²) >= 11 is 7.70. The summed E-state index contributed by atoms with van der Waals surface area (Å²) in [5.41, 5.74) is 0.950. The number of benzene rings is 1. The molecule has 1 aromatic carbocycles. The Balaban J connectivity index is 2.30. The minimum atomic E-state index is -0.961. The van der Waals surface area contributed by atoms with E-state index in [-0.39, 0.29) is 22.0 Å². The van der Waals surface area contributed by atoms with Crippen LogP contribution in [0.1, 0.15) is 61.4 Å². The molecule has 6 heteroatoms. The molecule has 0 radical (unpaired) electrons. The second kappa shape index (κ2) is 8.77. The van der Waals surface area contributed by atoms with Crippen LogP contribution in [0.3, 0.4) is 0 Å². The zero-order valence-electron chi connectivity index (χ0n) is 14.1. The van der Waals surface area contributed by atoms with Gasteiger partial charge in [-0.05, 0) is 50.3 Å². The van der Waals surface area contributed by atoms with E-state index in [0.717, 1.165) is 25.7 Å². The Bertz CT molecular complexity index is 604. The van der Waals surface area contributed by atoms with Crippen LogP contribution in [-0.2, 0) is 0 Å². The van der Waals surface area contributed by atoms with Gasteiger partial charge in [0.1, 0.15) is 0 Å². The zero-order chi connectivity index (χ0) is 17.7. The molecule has 1 aliphatic carbocycles. The molecule has 0 aliphatic heterocycles. The molecule has 2 unspecified atom stereocenters. The average Bonchev–Trinajstić information content (AvgIpc) is 2.56. The maximum Gasteiger partial charge on any atom is 0.336 e. The quantitative estimate of drug-likeness (QED) is 0.769. The van der Waals surface area contributed by atoms with Crippen LogP contribution in [0.25, 0.3) is 0 Å². The normalized spacial score (nSPS) is 20.6. The molecule has 1 aliphatic rings. The smallest absolute Gasteiger partial charge is 0.336 e. The first-order chi connectivity index (χ1) is 11.5. The summed E-state index contributed by atoms with van der Waals surface area (Å²) in [6.07, 6.45) is 3.87. The second-order valence-corrected chi connectivity index (χ2v) is 7.59. The lowest BCUT2D eigenvalue weighted by Gasteiger charge is -2.33. The number of carboxylic acid groups (broad SMARTS) is 1. The lowest BCUT2D eigenvalue weighted by Crippen LogP contribution is -2.31. The van der Waals surface area contributed by atoms with Crippen LogP contribution in [0.2, 0.25) is 5.02 Å². The highest BCUT2D eigenvalue weighted by atomic mass is 35.5. The molecule has 24 heavy (non-hydrogen) atoms. The van der Waals surface area contributed by atoms with Gasteiger partial charge < -0.3 is 10.0 Å². The summed E-state index contributed by atoms with van der Waals surface area (Å²) in [4.78, 5) is 25.9. The fourth-order valence-corrected chi connectivity index (χ4v) is 5.06. The number of rotatable bonds is 5. The van der Waals surface area contributed by atoms with Crippen molar-refractivity contribution in [3.63, 3.8) is 0 Å². The van der Waals surface area contributed by atoms with E-state index < -0.39 is 5.97 Å². The van der Waals surface area contributed by atoms with Crippen molar-refractivity contribution in [3.05, 3.63) is 34.3 Å². The van der Waals surface area contributed by atoms with Crippen LogP contribution in [-0.4, -0.2) is 39.6 Å². The molecule has 0 heterocycles. The van der Waals surface area contributed by atoms with Gasteiger partial charge in [0.15, 0.2) is 0 Å². The standard InChI is InChI=1S/C18H24ClNO3S/c1-3-20(4-2)18(23)24-15-11-6-5-8-12(15)16-13(17(21)22)9-7-10-14(16)19/h7,9-10,12,15H,3-6,8,11H2,1-2H3,(H,21,22). The van der Waals surface area contributed by atoms with Crippen molar-refractivity contribution in [2.75, 3.05) is 13.1 Å². The van der Waals surface area contributed by atoms with Crippen molar-refractivity contribution in [2.45, 2.75) is 50.7 Å². The van der Waals surface area contributed by atoms with Crippen LogP contribution in [0, 0.1) is 0 Å². The van der Waals surface area contributed by atoms with Crippen molar-refractivity contribution in [3.8, 4) is 0 Å². The van der Waals surface area contributed by atoms with Gasteiger partial charge in [0, 0.05) is 23.4 Å². The van der Waals surface area contributed by atoms with Crippen LogP contribution < -0.4 is 0 Å². The van der Waals surface area contributed by atoms with Gasteiger partial charge in [0.2, 0.25) is 0 Å². The van der Waals surface area contributed by atoms with Crippen molar-refractivity contribution in [1.82, 2.24) is 4.90 Å². The topological polar surface area (TPSA) is 57.6 Å². The number of thioether (sulfide) groups is 1. The Morgan fingerprint density at radius 1 is 1.25 bits per heavy atom. The molecule has 2 atom stereocenters. The SMILES string of the molecule is CCN(CC)C(=O)SC1CCCCC1c1c(Cl)cccc1C(=O)O. The summed E-state index contributed by atoms with van der Waals surface area (Å²) in [5.74, 6) is -0.958. The number of halogens is 1. The van der Waals surface area contributed by atoms with Crippen LogP contribution >= 0.6 is 23.4 Å². The number of carbonyl (C=O) groups excluding carboxylic acids is 1. The van der Waals surface area contributed by atoms with Crippen molar-refractivity contribution < 1.29 is 14.7 Å². The van der Waals surface area contributed by atoms with Gasteiger partial charge in [-0.1, -0.05) is 42.3 Å². The molecular weight excluding hydrogens is 346 g/mol. The average molecular weight is 370 g/mol. The van der Waals surface area contributed by atoms with Gasteiger partial charge in [-0.3, -0.25) is 4.79 Å². The Kier molecular flexibility index (Phi) is 6.99. The number of aromatic carboxylic acids is 1. The fourth-order valence-electron chi connectivity index (χ4n) is 3.35. The highest BCUT2D eigenvalue weighted by Gasteiger charge is 2.33. The fraction of sp³-hybridized carbons (Fsp3) is 0.556. The summed E-state index contributed by atoms with van der Waals surface area (Å²) in [7, 11) is 0. The number of carboxylic acids is 1. The molecule has 132 valence electrons. The van der Waals surface area contributed by atoms with Crippen LogP contribution in [0.4, 0.5) is 4.79 Å². The molecular formula is C18H24ClNO3S. The summed E-state index contributed by atoms with van der Waals surface area (Å²) in [5, 5.41) is 10.1. The van der Waals surface area contributed by atoms with Crippen LogP contribution in [0.15, 0.2) is 18.2 Å². The Labute approximate surface area is 152 Å². The largest absolute Gasteiger partial charge is 0.478 e. The molecule has 0 bridgehead atoms. The molecule has 0 aromatic heterocycles. The molecule has 0 saturated heterocycles. The van der Waals surface area contributed by atoms with Crippen molar-refractivity contribution in [1.29, 1.82) is 0 Å². The first-order valence-electron chi connectivity index (χ1n) is 8.46. The molecule has 1 N–H and O–H groups in total. The van der Waals surface area contributed by atoms with Gasteiger partial charge >= 0.3 is 5.97 Å². The maximum absolute atomic E-state index is 12.5. The van der Waals surface area contributed by atoms with Gasteiger partial charge in [-0.2, -0.15) is 0 Å². The number of hydrogen-bond acceptors (Lipinski definition) is 3.